The fourth-order valence-corrected chi connectivity index (χ4v) is 2.86. The molecule has 0 aliphatic heterocycles. The highest BCUT2D eigenvalue weighted by Gasteiger charge is 2.07. The standard InChI is InChI=1S/C14H18OS/c15-13(8-9-14-7-4-10-16-14)11-12-5-2-1-3-6-12/h4,7,10-11H,1-3,5-6,8-9H2. The SMILES string of the molecule is O=C(C=C1CCCCC1)CCc1cccs1. The Morgan fingerprint density at radius 1 is 1.31 bits per heavy atom. The third-order valence-corrected chi connectivity index (χ3v) is 3.99. The summed E-state index contributed by atoms with van der Waals surface area (Å²) in [6.07, 6.45) is 9.64. The van der Waals surface area contributed by atoms with Crippen molar-refractivity contribution in [1.82, 2.24) is 0 Å². The van der Waals surface area contributed by atoms with Crippen LogP contribution in [-0.4, -0.2) is 5.78 Å². The zero-order chi connectivity index (χ0) is 11.2. The number of hydrogen-bond acceptors (Lipinski definition) is 2. The van der Waals surface area contributed by atoms with Gasteiger partial charge in [-0.1, -0.05) is 18.1 Å². The van der Waals surface area contributed by atoms with Crippen LogP contribution >= 0.6 is 11.3 Å². The van der Waals surface area contributed by atoms with E-state index in [1.165, 1.54) is 29.7 Å². The molecular formula is C14H18OS. The van der Waals surface area contributed by atoms with Crippen LogP contribution in [0.1, 0.15) is 43.4 Å². The summed E-state index contributed by atoms with van der Waals surface area (Å²) in [5.74, 6) is 0.310. The van der Waals surface area contributed by atoms with Gasteiger partial charge < -0.3 is 0 Å². The molecule has 1 fully saturated rings. The highest BCUT2D eigenvalue weighted by Crippen LogP contribution is 2.23. The molecule has 0 amide bonds. The van der Waals surface area contributed by atoms with E-state index in [0.717, 1.165) is 19.3 Å². The van der Waals surface area contributed by atoms with Crippen molar-refractivity contribution in [2.24, 2.45) is 0 Å². The van der Waals surface area contributed by atoms with Gasteiger partial charge in [0, 0.05) is 11.3 Å². The fraction of sp³-hybridized carbons (Fsp3) is 0.500. The minimum atomic E-state index is 0.310. The Balaban J connectivity index is 1.79. The molecule has 0 atom stereocenters. The summed E-state index contributed by atoms with van der Waals surface area (Å²) in [5.41, 5.74) is 1.38. The topological polar surface area (TPSA) is 17.1 Å². The van der Waals surface area contributed by atoms with Crippen molar-refractivity contribution < 1.29 is 4.79 Å². The van der Waals surface area contributed by atoms with Crippen LogP contribution in [0.4, 0.5) is 0 Å². The zero-order valence-electron chi connectivity index (χ0n) is 9.58. The van der Waals surface area contributed by atoms with Crippen molar-refractivity contribution in [3.8, 4) is 0 Å². The average molecular weight is 234 g/mol. The Kier molecular flexibility index (Phi) is 4.34. The van der Waals surface area contributed by atoms with Crippen LogP contribution in [0.3, 0.4) is 0 Å². The molecule has 1 aliphatic carbocycles. The molecule has 2 heteroatoms. The maximum Gasteiger partial charge on any atom is 0.156 e. The number of rotatable bonds is 4. The van der Waals surface area contributed by atoms with E-state index in [0.29, 0.717) is 12.2 Å². The molecule has 1 heterocycles. The first-order valence-electron chi connectivity index (χ1n) is 6.09. The summed E-state index contributed by atoms with van der Waals surface area (Å²) >= 11 is 1.74. The molecule has 0 spiro atoms. The van der Waals surface area contributed by atoms with Crippen molar-refractivity contribution in [2.75, 3.05) is 0 Å². The van der Waals surface area contributed by atoms with Crippen LogP contribution in [0, 0.1) is 0 Å². The molecule has 86 valence electrons. The Labute approximate surface area is 101 Å². The van der Waals surface area contributed by atoms with Crippen LogP contribution in [0.5, 0.6) is 0 Å². The second kappa shape index (κ2) is 6.00. The molecule has 0 N–H and O–H groups in total. The van der Waals surface area contributed by atoms with Gasteiger partial charge in [0.05, 0.1) is 0 Å². The zero-order valence-corrected chi connectivity index (χ0v) is 10.4. The van der Waals surface area contributed by atoms with E-state index in [1.54, 1.807) is 11.3 Å². The van der Waals surface area contributed by atoms with Crippen molar-refractivity contribution >= 4 is 17.1 Å². The van der Waals surface area contributed by atoms with Crippen molar-refractivity contribution in [1.29, 1.82) is 0 Å². The lowest BCUT2D eigenvalue weighted by atomic mass is 9.93. The van der Waals surface area contributed by atoms with E-state index in [-0.39, 0.29) is 0 Å². The van der Waals surface area contributed by atoms with Crippen LogP contribution in [-0.2, 0) is 11.2 Å². The van der Waals surface area contributed by atoms with Crippen LogP contribution in [0.15, 0.2) is 29.2 Å². The molecule has 1 aliphatic rings. The Morgan fingerprint density at radius 3 is 2.81 bits per heavy atom. The summed E-state index contributed by atoms with van der Waals surface area (Å²) in [4.78, 5) is 13.0. The second-order valence-electron chi connectivity index (χ2n) is 4.41. The molecule has 16 heavy (non-hydrogen) atoms. The first-order chi connectivity index (χ1) is 7.84. The van der Waals surface area contributed by atoms with Gasteiger partial charge in [-0.15, -0.1) is 11.3 Å². The van der Waals surface area contributed by atoms with Crippen molar-refractivity contribution in [3.05, 3.63) is 34.0 Å². The van der Waals surface area contributed by atoms with Crippen molar-refractivity contribution in [2.45, 2.75) is 44.9 Å². The number of hydrogen-bond donors (Lipinski definition) is 0. The summed E-state index contributed by atoms with van der Waals surface area (Å²) in [6.45, 7) is 0. The third kappa shape index (κ3) is 3.60. The van der Waals surface area contributed by atoms with Gasteiger partial charge in [-0.25, -0.2) is 0 Å². The summed E-state index contributed by atoms with van der Waals surface area (Å²) in [6, 6.07) is 4.15. The van der Waals surface area contributed by atoms with E-state index >= 15 is 0 Å². The minimum Gasteiger partial charge on any atom is -0.295 e. The monoisotopic (exact) mass is 234 g/mol. The van der Waals surface area contributed by atoms with Gasteiger partial charge in [-0.05, 0) is 49.6 Å². The molecule has 0 aromatic carbocycles. The molecule has 1 aromatic rings. The number of allylic oxidation sites excluding steroid dienone is 2. The lowest BCUT2D eigenvalue weighted by molar-refractivity contribution is -0.114. The Hall–Kier alpha value is -0.890. The molecule has 0 bridgehead atoms. The van der Waals surface area contributed by atoms with Gasteiger partial charge in [-0.2, -0.15) is 0 Å². The molecular weight excluding hydrogens is 216 g/mol. The average Bonchev–Trinajstić information content (AvgIpc) is 2.81. The van der Waals surface area contributed by atoms with E-state index in [9.17, 15) is 4.79 Å². The third-order valence-electron chi connectivity index (χ3n) is 3.06. The van der Waals surface area contributed by atoms with Gasteiger partial charge in [0.15, 0.2) is 5.78 Å². The van der Waals surface area contributed by atoms with E-state index < -0.39 is 0 Å². The number of carbonyl (C=O) groups excluding carboxylic acids is 1. The Bertz CT molecular complexity index is 354. The number of thiophene rings is 1. The van der Waals surface area contributed by atoms with E-state index in [2.05, 4.69) is 11.4 Å². The summed E-state index contributed by atoms with van der Waals surface area (Å²) < 4.78 is 0. The van der Waals surface area contributed by atoms with Gasteiger partial charge >= 0.3 is 0 Å². The summed E-state index contributed by atoms with van der Waals surface area (Å²) in [7, 11) is 0. The van der Waals surface area contributed by atoms with E-state index in [4.69, 9.17) is 0 Å². The number of aryl methyl sites for hydroxylation is 1. The van der Waals surface area contributed by atoms with Crippen LogP contribution in [0.25, 0.3) is 0 Å². The molecule has 0 radical (unpaired) electrons. The molecule has 1 aromatic heterocycles. The van der Waals surface area contributed by atoms with Crippen LogP contribution < -0.4 is 0 Å². The predicted molar refractivity (Wildman–Crippen MR) is 68.8 cm³/mol. The smallest absolute Gasteiger partial charge is 0.156 e. The highest BCUT2D eigenvalue weighted by molar-refractivity contribution is 7.09. The maximum absolute atomic E-state index is 11.7. The number of carbonyl (C=O) groups is 1. The second-order valence-corrected chi connectivity index (χ2v) is 5.44. The van der Waals surface area contributed by atoms with Gasteiger partial charge in [0.25, 0.3) is 0 Å². The van der Waals surface area contributed by atoms with E-state index in [1.807, 2.05) is 12.1 Å². The molecule has 2 rings (SSSR count). The predicted octanol–water partition coefficient (Wildman–Crippen LogP) is 4.14. The lowest BCUT2D eigenvalue weighted by Gasteiger charge is -2.12. The largest absolute Gasteiger partial charge is 0.295 e. The fourth-order valence-electron chi connectivity index (χ4n) is 2.15. The molecule has 1 saturated carbocycles. The van der Waals surface area contributed by atoms with Crippen molar-refractivity contribution in [3.63, 3.8) is 0 Å². The molecule has 1 nitrogen and oxygen atoms in total. The van der Waals surface area contributed by atoms with Gasteiger partial charge in [0.2, 0.25) is 0 Å². The lowest BCUT2D eigenvalue weighted by Crippen LogP contribution is -2.00. The number of ketones is 1. The quantitative estimate of drug-likeness (QED) is 0.716. The minimum absolute atomic E-state index is 0.310. The first kappa shape index (κ1) is 11.6. The van der Waals surface area contributed by atoms with Crippen LogP contribution in [0.2, 0.25) is 0 Å². The Morgan fingerprint density at radius 2 is 2.12 bits per heavy atom. The maximum atomic E-state index is 11.7. The normalized spacial score (nSPS) is 16.1. The summed E-state index contributed by atoms with van der Waals surface area (Å²) in [5, 5.41) is 2.07. The molecule has 0 saturated heterocycles. The highest BCUT2D eigenvalue weighted by atomic mass is 32.1. The van der Waals surface area contributed by atoms with Gasteiger partial charge in [-0.3, -0.25) is 4.79 Å². The van der Waals surface area contributed by atoms with Gasteiger partial charge in [0.1, 0.15) is 0 Å². The first-order valence-corrected chi connectivity index (χ1v) is 6.97. The molecule has 0 unspecified atom stereocenters.